The molecule has 1 saturated heterocycles. The zero-order valence-electron chi connectivity index (χ0n) is 12.0. The summed E-state index contributed by atoms with van der Waals surface area (Å²) in [6.45, 7) is 2.53. The van der Waals surface area contributed by atoms with E-state index in [1.54, 1.807) is 19.3 Å². The summed E-state index contributed by atoms with van der Waals surface area (Å²) in [5.74, 6) is 1.31. The van der Waals surface area contributed by atoms with Crippen molar-refractivity contribution in [2.24, 2.45) is 0 Å². The first-order valence-electron chi connectivity index (χ1n) is 7.22. The highest BCUT2D eigenvalue weighted by atomic mass is 16.5. The molecule has 3 heterocycles. The lowest BCUT2D eigenvalue weighted by Gasteiger charge is -2.22. The molecule has 2 aromatic rings. The van der Waals surface area contributed by atoms with Crippen molar-refractivity contribution >= 4 is 5.91 Å². The van der Waals surface area contributed by atoms with Crippen LogP contribution in [0.4, 0.5) is 0 Å². The Balaban J connectivity index is 1.63. The van der Waals surface area contributed by atoms with Gasteiger partial charge in [0.2, 0.25) is 11.8 Å². The molecule has 21 heavy (non-hydrogen) atoms. The number of pyridine rings is 1. The number of carbonyl (C=O) groups is 1. The van der Waals surface area contributed by atoms with Crippen LogP contribution in [0.1, 0.15) is 42.6 Å². The monoisotopic (exact) mass is 286 g/mol. The number of likely N-dealkylation sites (tertiary alicyclic amines) is 1. The second kappa shape index (κ2) is 6.03. The van der Waals surface area contributed by atoms with Crippen LogP contribution in [0.25, 0.3) is 0 Å². The number of rotatable bonds is 4. The highest BCUT2D eigenvalue weighted by Crippen LogP contribution is 2.30. The molecule has 1 amide bonds. The summed E-state index contributed by atoms with van der Waals surface area (Å²) in [6.07, 6.45) is 6.62. The molecule has 3 rings (SSSR count). The molecular weight excluding hydrogens is 268 g/mol. The van der Waals surface area contributed by atoms with Crippen LogP contribution in [0.2, 0.25) is 0 Å². The predicted octanol–water partition coefficient (Wildman–Crippen LogP) is 2.07. The fraction of sp³-hybridized carbons (Fsp3) is 0.467. The van der Waals surface area contributed by atoms with Gasteiger partial charge in [-0.3, -0.25) is 9.78 Å². The summed E-state index contributed by atoms with van der Waals surface area (Å²) in [7, 11) is 0. The number of carbonyl (C=O) groups excluding carboxylic acids is 1. The minimum Gasteiger partial charge on any atom is -0.340 e. The molecule has 6 heteroatoms. The average Bonchev–Trinajstić information content (AvgIpc) is 3.14. The molecule has 0 spiro atoms. The van der Waals surface area contributed by atoms with E-state index in [9.17, 15) is 4.79 Å². The van der Waals surface area contributed by atoms with Gasteiger partial charge >= 0.3 is 0 Å². The molecule has 0 saturated carbocycles. The van der Waals surface area contributed by atoms with Crippen LogP contribution in [0.3, 0.4) is 0 Å². The number of hydrogen-bond acceptors (Lipinski definition) is 5. The van der Waals surface area contributed by atoms with Gasteiger partial charge in [-0.2, -0.15) is 4.98 Å². The molecule has 1 aliphatic rings. The van der Waals surface area contributed by atoms with Gasteiger partial charge in [-0.25, -0.2) is 0 Å². The molecule has 0 N–H and O–H groups in total. The summed E-state index contributed by atoms with van der Waals surface area (Å²) in [5.41, 5.74) is 1.08. The zero-order valence-corrected chi connectivity index (χ0v) is 12.0. The molecule has 1 aliphatic heterocycles. The SMILES string of the molecule is Cc1nc([C@H]2CCCN2C(=O)CCc2cccnc2)no1. The Morgan fingerprint density at radius 1 is 1.52 bits per heavy atom. The Labute approximate surface area is 123 Å². The summed E-state index contributed by atoms with van der Waals surface area (Å²) in [6, 6.07) is 3.84. The first kappa shape index (κ1) is 13.7. The maximum absolute atomic E-state index is 12.4. The fourth-order valence-electron chi connectivity index (χ4n) is 2.72. The second-order valence-electron chi connectivity index (χ2n) is 5.28. The van der Waals surface area contributed by atoms with E-state index in [1.807, 2.05) is 17.0 Å². The van der Waals surface area contributed by atoms with E-state index in [0.29, 0.717) is 24.6 Å². The highest BCUT2D eigenvalue weighted by Gasteiger charge is 2.32. The van der Waals surface area contributed by atoms with E-state index >= 15 is 0 Å². The van der Waals surface area contributed by atoms with Crippen molar-refractivity contribution < 1.29 is 9.32 Å². The van der Waals surface area contributed by atoms with Gasteiger partial charge in [0.25, 0.3) is 0 Å². The zero-order chi connectivity index (χ0) is 14.7. The maximum atomic E-state index is 12.4. The maximum Gasteiger partial charge on any atom is 0.223 e. The molecule has 110 valence electrons. The third-order valence-corrected chi connectivity index (χ3v) is 3.76. The third kappa shape index (κ3) is 3.09. The number of aromatic nitrogens is 3. The molecule has 0 bridgehead atoms. The minimum absolute atomic E-state index is 0.0381. The summed E-state index contributed by atoms with van der Waals surface area (Å²) >= 11 is 0. The Morgan fingerprint density at radius 3 is 3.14 bits per heavy atom. The van der Waals surface area contributed by atoms with Crippen molar-refractivity contribution in [1.29, 1.82) is 0 Å². The molecular formula is C15H18N4O2. The Kier molecular flexibility index (Phi) is 3.94. The van der Waals surface area contributed by atoms with Gasteiger partial charge in [0.15, 0.2) is 5.82 Å². The lowest BCUT2D eigenvalue weighted by Crippen LogP contribution is -2.31. The van der Waals surface area contributed by atoms with Crippen molar-refractivity contribution in [2.45, 2.75) is 38.6 Å². The van der Waals surface area contributed by atoms with Gasteiger partial charge in [0, 0.05) is 32.3 Å². The molecule has 0 radical (unpaired) electrons. The molecule has 0 unspecified atom stereocenters. The topological polar surface area (TPSA) is 72.1 Å². The standard InChI is InChI=1S/C15H18N4O2/c1-11-17-15(18-21-11)13-5-3-9-19(13)14(20)7-6-12-4-2-8-16-10-12/h2,4,8,10,13H,3,5-7,9H2,1H3/t13-/m1/s1. The van der Waals surface area contributed by atoms with E-state index in [0.717, 1.165) is 24.9 Å². The predicted molar refractivity (Wildman–Crippen MR) is 75.3 cm³/mol. The number of aryl methyl sites for hydroxylation is 2. The first-order chi connectivity index (χ1) is 10.2. The van der Waals surface area contributed by atoms with Gasteiger partial charge < -0.3 is 9.42 Å². The smallest absolute Gasteiger partial charge is 0.223 e. The quantitative estimate of drug-likeness (QED) is 0.860. The molecule has 2 aromatic heterocycles. The van der Waals surface area contributed by atoms with Crippen molar-refractivity contribution in [3.8, 4) is 0 Å². The Bertz CT molecular complexity index is 611. The molecule has 0 aromatic carbocycles. The summed E-state index contributed by atoms with van der Waals surface area (Å²) < 4.78 is 5.03. The fourth-order valence-corrected chi connectivity index (χ4v) is 2.72. The first-order valence-corrected chi connectivity index (χ1v) is 7.22. The summed E-state index contributed by atoms with van der Waals surface area (Å²) in [4.78, 5) is 22.6. The third-order valence-electron chi connectivity index (χ3n) is 3.76. The van der Waals surface area contributed by atoms with Gasteiger partial charge in [0.05, 0.1) is 6.04 Å². The van der Waals surface area contributed by atoms with Crippen molar-refractivity contribution in [3.05, 3.63) is 41.8 Å². The molecule has 1 atom stereocenters. The van der Waals surface area contributed by atoms with E-state index in [1.165, 1.54) is 0 Å². The van der Waals surface area contributed by atoms with Crippen LogP contribution >= 0.6 is 0 Å². The number of amides is 1. The average molecular weight is 286 g/mol. The highest BCUT2D eigenvalue weighted by molar-refractivity contribution is 5.77. The van der Waals surface area contributed by atoms with Crippen LogP contribution in [0.15, 0.2) is 29.0 Å². The summed E-state index contributed by atoms with van der Waals surface area (Å²) in [5, 5.41) is 3.96. The minimum atomic E-state index is -0.0381. The van der Waals surface area contributed by atoms with Gasteiger partial charge in [0.1, 0.15) is 0 Å². The van der Waals surface area contributed by atoms with Crippen LogP contribution < -0.4 is 0 Å². The Hall–Kier alpha value is -2.24. The van der Waals surface area contributed by atoms with Crippen LogP contribution in [-0.4, -0.2) is 32.5 Å². The van der Waals surface area contributed by atoms with Crippen LogP contribution in [-0.2, 0) is 11.2 Å². The van der Waals surface area contributed by atoms with E-state index in [2.05, 4.69) is 15.1 Å². The van der Waals surface area contributed by atoms with Crippen molar-refractivity contribution in [2.75, 3.05) is 6.54 Å². The lowest BCUT2D eigenvalue weighted by molar-refractivity contribution is -0.132. The van der Waals surface area contributed by atoms with Crippen molar-refractivity contribution in [3.63, 3.8) is 0 Å². The normalized spacial score (nSPS) is 18.1. The lowest BCUT2D eigenvalue weighted by atomic mass is 10.1. The van der Waals surface area contributed by atoms with E-state index in [4.69, 9.17) is 4.52 Å². The molecule has 1 fully saturated rings. The van der Waals surface area contributed by atoms with E-state index in [-0.39, 0.29) is 11.9 Å². The van der Waals surface area contributed by atoms with Crippen LogP contribution in [0, 0.1) is 6.92 Å². The van der Waals surface area contributed by atoms with E-state index < -0.39 is 0 Å². The van der Waals surface area contributed by atoms with Crippen molar-refractivity contribution in [1.82, 2.24) is 20.0 Å². The van der Waals surface area contributed by atoms with Gasteiger partial charge in [-0.05, 0) is 30.9 Å². The Morgan fingerprint density at radius 2 is 2.43 bits per heavy atom. The van der Waals surface area contributed by atoms with Gasteiger partial charge in [-0.15, -0.1) is 0 Å². The molecule has 6 nitrogen and oxygen atoms in total. The second-order valence-corrected chi connectivity index (χ2v) is 5.28. The number of hydrogen-bond donors (Lipinski definition) is 0. The molecule has 0 aliphatic carbocycles. The van der Waals surface area contributed by atoms with Gasteiger partial charge in [-0.1, -0.05) is 11.2 Å². The van der Waals surface area contributed by atoms with Crippen LogP contribution in [0.5, 0.6) is 0 Å². The largest absolute Gasteiger partial charge is 0.340 e. The number of nitrogens with zero attached hydrogens (tertiary/aromatic N) is 4.